The lowest BCUT2D eigenvalue weighted by molar-refractivity contribution is -0.138. The molecule has 1 amide bonds. The maximum absolute atomic E-state index is 15.7. The van der Waals surface area contributed by atoms with Crippen LogP contribution in [0.4, 0.5) is 39.0 Å². The number of hydrogen-bond donors (Lipinski definition) is 1. The molecule has 0 bridgehead atoms. The van der Waals surface area contributed by atoms with Gasteiger partial charge in [-0.3, -0.25) is 4.79 Å². The molecule has 218 valence electrons. The minimum absolute atomic E-state index is 0.131. The van der Waals surface area contributed by atoms with Crippen LogP contribution >= 0.6 is 0 Å². The number of amides is 1. The number of alkyl halides is 3. The quantitative estimate of drug-likeness (QED) is 0.333. The maximum Gasteiger partial charge on any atom is 0.417 e. The van der Waals surface area contributed by atoms with E-state index in [0.29, 0.717) is 37.0 Å². The van der Waals surface area contributed by atoms with Crippen LogP contribution in [0.5, 0.6) is 0 Å². The fourth-order valence-corrected chi connectivity index (χ4v) is 5.56. The van der Waals surface area contributed by atoms with Gasteiger partial charge in [-0.1, -0.05) is 12.1 Å². The normalized spacial score (nSPS) is 18.5. The lowest BCUT2D eigenvalue weighted by Gasteiger charge is -2.39. The number of nitrogens with zero attached hydrogens (tertiary/aromatic N) is 3. The number of likely N-dealkylation sites (N-methyl/N-ethyl adjacent to an activating group) is 1. The molecule has 5 nitrogen and oxygen atoms in total. The monoisotopic (exact) mass is 572 g/mol. The van der Waals surface area contributed by atoms with Gasteiger partial charge in [-0.2, -0.15) is 13.2 Å². The van der Waals surface area contributed by atoms with Gasteiger partial charge in [0.15, 0.2) is 0 Å². The fraction of sp³-hybridized carbons (Fsp3) is 0.387. The van der Waals surface area contributed by atoms with Crippen LogP contribution in [0.15, 0.2) is 54.6 Å². The van der Waals surface area contributed by atoms with Crippen molar-refractivity contribution in [3.63, 3.8) is 0 Å². The first-order valence-electron chi connectivity index (χ1n) is 13.8. The second-order valence-electron chi connectivity index (χ2n) is 10.9. The summed E-state index contributed by atoms with van der Waals surface area (Å²) >= 11 is 0. The minimum atomic E-state index is -4.94. The highest BCUT2D eigenvalue weighted by molar-refractivity contribution is 6.07. The SMILES string of the molecule is C[C@H]1CN(c2cc(F)c(-c3ccc(N4CCCCC4)cc3)cc2NC(=O)c2ccc(F)cc2C(F)(F)F)CCN1C. The van der Waals surface area contributed by atoms with Crippen molar-refractivity contribution in [3.8, 4) is 11.1 Å². The van der Waals surface area contributed by atoms with E-state index < -0.39 is 34.8 Å². The Bertz CT molecular complexity index is 1400. The van der Waals surface area contributed by atoms with E-state index in [9.17, 15) is 22.4 Å². The van der Waals surface area contributed by atoms with Crippen LogP contribution in [0.3, 0.4) is 0 Å². The smallest absolute Gasteiger partial charge is 0.372 e. The zero-order valence-electron chi connectivity index (χ0n) is 23.1. The van der Waals surface area contributed by atoms with Crippen molar-refractivity contribution in [2.45, 2.75) is 38.4 Å². The molecular weight excluding hydrogens is 539 g/mol. The van der Waals surface area contributed by atoms with Crippen molar-refractivity contribution in [1.82, 2.24) is 4.90 Å². The van der Waals surface area contributed by atoms with Gasteiger partial charge in [0.05, 0.1) is 22.5 Å². The van der Waals surface area contributed by atoms with Crippen molar-refractivity contribution >= 4 is 23.0 Å². The van der Waals surface area contributed by atoms with Crippen LogP contribution in [-0.2, 0) is 6.18 Å². The zero-order valence-corrected chi connectivity index (χ0v) is 23.1. The number of nitrogens with one attached hydrogen (secondary N) is 1. The maximum atomic E-state index is 15.7. The molecule has 2 aliphatic heterocycles. The lowest BCUT2D eigenvalue weighted by atomic mass is 10.0. The van der Waals surface area contributed by atoms with Crippen LogP contribution in [-0.4, -0.2) is 56.6 Å². The Morgan fingerprint density at radius 3 is 2.24 bits per heavy atom. The van der Waals surface area contributed by atoms with E-state index in [1.54, 1.807) is 0 Å². The van der Waals surface area contributed by atoms with E-state index in [-0.39, 0.29) is 17.3 Å². The van der Waals surface area contributed by atoms with Gasteiger partial charge in [-0.25, -0.2) is 8.78 Å². The fourth-order valence-electron chi connectivity index (χ4n) is 5.56. The number of halogens is 5. The first-order chi connectivity index (χ1) is 19.5. The second-order valence-corrected chi connectivity index (χ2v) is 10.9. The molecule has 5 rings (SSSR count). The summed E-state index contributed by atoms with van der Waals surface area (Å²) in [6.07, 6.45) is -1.49. The molecule has 1 atom stereocenters. The molecule has 2 heterocycles. The Morgan fingerprint density at radius 1 is 0.878 bits per heavy atom. The molecule has 3 aromatic rings. The molecule has 0 saturated carbocycles. The van der Waals surface area contributed by atoms with Crippen LogP contribution in [0, 0.1) is 11.6 Å². The third-order valence-electron chi connectivity index (χ3n) is 8.07. The average molecular weight is 573 g/mol. The largest absolute Gasteiger partial charge is 0.417 e. The molecule has 0 spiro atoms. The van der Waals surface area contributed by atoms with E-state index >= 15 is 4.39 Å². The number of carbonyl (C=O) groups is 1. The van der Waals surface area contributed by atoms with Crippen molar-refractivity contribution in [2.75, 3.05) is 54.9 Å². The Labute approximate surface area is 236 Å². The second kappa shape index (κ2) is 11.7. The predicted octanol–water partition coefficient (Wildman–Crippen LogP) is 7.03. The van der Waals surface area contributed by atoms with Gasteiger partial charge in [0.25, 0.3) is 5.91 Å². The molecule has 0 unspecified atom stereocenters. The lowest BCUT2D eigenvalue weighted by Crippen LogP contribution is -2.50. The van der Waals surface area contributed by atoms with Crippen molar-refractivity contribution in [3.05, 3.63) is 77.4 Å². The predicted molar refractivity (Wildman–Crippen MR) is 152 cm³/mol. The number of benzene rings is 3. The summed E-state index contributed by atoms with van der Waals surface area (Å²) in [5.41, 5.74) is 0.303. The molecule has 2 aliphatic rings. The van der Waals surface area contributed by atoms with Gasteiger partial charge >= 0.3 is 6.18 Å². The van der Waals surface area contributed by atoms with Gasteiger partial charge in [-0.05, 0) is 81.3 Å². The molecule has 2 fully saturated rings. The third kappa shape index (κ3) is 6.32. The first kappa shape index (κ1) is 28.9. The van der Waals surface area contributed by atoms with Crippen molar-refractivity contribution < 1.29 is 26.7 Å². The van der Waals surface area contributed by atoms with E-state index in [0.717, 1.165) is 43.8 Å². The topological polar surface area (TPSA) is 38.8 Å². The summed E-state index contributed by atoms with van der Waals surface area (Å²) in [6, 6.07) is 12.4. The van der Waals surface area contributed by atoms with E-state index in [1.165, 1.54) is 18.6 Å². The Morgan fingerprint density at radius 2 is 1.59 bits per heavy atom. The molecule has 3 aromatic carbocycles. The van der Waals surface area contributed by atoms with Crippen LogP contribution in [0.2, 0.25) is 0 Å². The number of piperidine rings is 1. The highest BCUT2D eigenvalue weighted by atomic mass is 19.4. The van der Waals surface area contributed by atoms with Crippen LogP contribution < -0.4 is 15.1 Å². The van der Waals surface area contributed by atoms with Crippen LogP contribution in [0.1, 0.15) is 42.1 Å². The van der Waals surface area contributed by atoms with Gasteiger partial charge in [0, 0.05) is 50.0 Å². The number of carbonyl (C=O) groups excluding carboxylic acids is 1. The standard InChI is InChI=1S/C31H33F5N4O/c1-20-19-40(15-14-38(20)2)29-18-27(33)25(21-6-9-23(10-7-21)39-12-4-3-5-13-39)17-28(29)37-30(41)24-11-8-22(32)16-26(24)31(34,35)36/h6-11,16-18,20H,3-5,12-15,19H2,1-2H3,(H,37,41)/t20-/m0/s1. The number of piperazine rings is 1. The molecule has 0 aliphatic carbocycles. The van der Waals surface area contributed by atoms with Crippen molar-refractivity contribution in [2.24, 2.45) is 0 Å². The van der Waals surface area contributed by atoms with E-state index in [2.05, 4.69) is 15.1 Å². The van der Waals surface area contributed by atoms with E-state index in [4.69, 9.17) is 0 Å². The summed E-state index contributed by atoms with van der Waals surface area (Å²) in [7, 11) is 1.98. The third-order valence-corrected chi connectivity index (χ3v) is 8.07. The molecular formula is C31H33F5N4O. The number of hydrogen-bond acceptors (Lipinski definition) is 4. The first-order valence-corrected chi connectivity index (χ1v) is 13.8. The molecule has 0 aromatic heterocycles. The van der Waals surface area contributed by atoms with Gasteiger partial charge in [-0.15, -0.1) is 0 Å². The summed E-state index contributed by atoms with van der Waals surface area (Å²) in [5.74, 6) is -2.66. The van der Waals surface area contributed by atoms with Crippen LogP contribution in [0.25, 0.3) is 11.1 Å². The summed E-state index contributed by atoms with van der Waals surface area (Å²) in [4.78, 5) is 19.6. The molecule has 10 heteroatoms. The van der Waals surface area contributed by atoms with Gasteiger partial charge in [0.2, 0.25) is 0 Å². The Balaban J connectivity index is 1.52. The van der Waals surface area contributed by atoms with Gasteiger partial charge < -0.3 is 20.0 Å². The molecule has 2 saturated heterocycles. The minimum Gasteiger partial charge on any atom is -0.372 e. The summed E-state index contributed by atoms with van der Waals surface area (Å²) in [6.45, 7) is 5.71. The van der Waals surface area contributed by atoms with Crippen molar-refractivity contribution in [1.29, 1.82) is 0 Å². The van der Waals surface area contributed by atoms with Gasteiger partial charge in [0.1, 0.15) is 11.6 Å². The summed E-state index contributed by atoms with van der Waals surface area (Å²) in [5, 5.41) is 2.59. The highest BCUT2D eigenvalue weighted by Gasteiger charge is 2.36. The number of anilines is 3. The Kier molecular flexibility index (Phi) is 8.22. The zero-order chi connectivity index (χ0) is 29.3. The van der Waals surface area contributed by atoms with E-state index in [1.807, 2.05) is 43.1 Å². The number of rotatable bonds is 5. The molecule has 41 heavy (non-hydrogen) atoms. The highest BCUT2D eigenvalue weighted by Crippen LogP contribution is 2.38. The average Bonchev–Trinajstić information content (AvgIpc) is 2.95. The Hall–Kier alpha value is -3.66. The summed E-state index contributed by atoms with van der Waals surface area (Å²) < 4.78 is 70.4. The molecule has 1 N–H and O–H groups in total. The molecule has 0 radical (unpaired) electrons.